The number of ether oxygens (including phenoxy) is 2. The highest BCUT2D eigenvalue weighted by atomic mass is 35.5. The summed E-state index contributed by atoms with van der Waals surface area (Å²) in [5.41, 5.74) is 2.77. The summed E-state index contributed by atoms with van der Waals surface area (Å²) in [5, 5.41) is 5.88. The number of anilines is 1. The molecule has 0 fully saturated rings. The van der Waals surface area contributed by atoms with Gasteiger partial charge in [-0.15, -0.1) is 11.8 Å². The molecule has 1 aliphatic heterocycles. The maximum Gasteiger partial charge on any atom is 0.265 e. The van der Waals surface area contributed by atoms with E-state index in [2.05, 4.69) is 10.6 Å². The van der Waals surface area contributed by atoms with Crippen LogP contribution in [0.15, 0.2) is 47.1 Å². The van der Waals surface area contributed by atoms with Gasteiger partial charge in [-0.25, -0.2) is 0 Å². The van der Waals surface area contributed by atoms with Gasteiger partial charge in [0.1, 0.15) is 16.4 Å². The fraction of sp³-hybridized carbons (Fsp3) is 0.273. The maximum absolute atomic E-state index is 12.7. The van der Waals surface area contributed by atoms with Gasteiger partial charge < -0.3 is 20.1 Å². The largest absolute Gasteiger partial charge is 0.496 e. The topological polar surface area (TPSA) is 76.7 Å². The summed E-state index contributed by atoms with van der Waals surface area (Å²) in [7, 11) is 1.46. The molecule has 2 N–H and O–H groups in total. The molecule has 2 aromatic carbocycles. The molecule has 2 aromatic rings. The molecule has 0 bridgehead atoms. The number of methoxy groups -OCH3 is 1. The van der Waals surface area contributed by atoms with E-state index >= 15 is 0 Å². The van der Waals surface area contributed by atoms with Crippen LogP contribution >= 0.6 is 23.4 Å². The van der Waals surface area contributed by atoms with Gasteiger partial charge in [-0.05, 0) is 25.5 Å². The van der Waals surface area contributed by atoms with Gasteiger partial charge in [-0.1, -0.05) is 41.4 Å². The standard InChI is InChI=1S/C22H23ClN2O4S/c1-13-5-4-6-15(9-13)12-24-21(26)16-10-17(23)18(11-19(16)28-3)25-22(27)20-14(2)29-7-8-30-20/h4-6,9-11H,7-8,12H2,1-3H3,(H,24,26)(H,25,27). The summed E-state index contributed by atoms with van der Waals surface area (Å²) in [4.78, 5) is 25.8. The van der Waals surface area contributed by atoms with Crippen molar-refractivity contribution >= 4 is 40.9 Å². The molecule has 0 aromatic heterocycles. The minimum Gasteiger partial charge on any atom is -0.496 e. The van der Waals surface area contributed by atoms with Crippen LogP contribution in [-0.2, 0) is 16.1 Å². The second-order valence-corrected chi connectivity index (χ2v) is 8.25. The zero-order valence-electron chi connectivity index (χ0n) is 17.0. The minimum absolute atomic E-state index is 0.241. The third-order valence-electron chi connectivity index (χ3n) is 4.49. The second kappa shape index (κ2) is 9.91. The third-order valence-corrected chi connectivity index (χ3v) is 5.94. The summed E-state index contributed by atoms with van der Waals surface area (Å²) in [6.45, 7) is 4.71. The Labute approximate surface area is 185 Å². The van der Waals surface area contributed by atoms with Crippen molar-refractivity contribution in [2.75, 3.05) is 24.8 Å². The first kappa shape index (κ1) is 22.1. The molecule has 8 heteroatoms. The molecule has 1 aliphatic rings. The Morgan fingerprint density at radius 1 is 1.20 bits per heavy atom. The van der Waals surface area contributed by atoms with Crippen molar-refractivity contribution in [2.45, 2.75) is 20.4 Å². The Morgan fingerprint density at radius 3 is 2.70 bits per heavy atom. The van der Waals surface area contributed by atoms with E-state index in [-0.39, 0.29) is 16.8 Å². The van der Waals surface area contributed by atoms with E-state index in [0.29, 0.717) is 46.6 Å². The van der Waals surface area contributed by atoms with Gasteiger partial charge in [0.2, 0.25) is 0 Å². The predicted molar refractivity (Wildman–Crippen MR) is 120 cm³/mol. The molecule has 0 spiro atoms. The molecular formula is C22H23ClN2O4S. The number of nitrogens with one attached hydrogen (secondary N) is 2. The van der Waals surface area contributed by atoms with Crippen molar-refractivity contribution in [1.29, 1.82) is 0 Å². The number of carbonyl (C=O) groups excluding carboxylic acids is 2. The van der Waals surface area contributed by atoms with E-state index in [9.17, 15) is 9.59 Å². The zero-order valence-corrected chi connectivity index (χ0v) is 18.6. The van der Waals surface area contributed by atoms with Crippen LogP contribution in [0.1, 0.15) is 28.4 Å². The molecule has 0 saturated carbocycles. The van der Waals surface area contributed by atoms with E-state index in [1.165, 1.54) is 24.9 Å². The van der Waals surface area contributed by atoms with Crippen LogP contribution in [0.3, 0.4) is 0 Å². The lowest BCUT2D eigenvalue weighted by Crippen LogP contribution is -2.24. The van der Waals surface area contributed by atoms with Crippen molar-refractivity contribution < 1.29 is 19.1 Å². The van der Waals surface area contributed by atoms with Crippen LogP contribution < -0.4 is 15.4 Å². The molecule has 158 valence electrons. The van der Waals surface area contributed by atoms with E-state index < -0.39 is 0 Å². The molecule has 0 aliphatic carbocycles. The van der Waals surface area contributed by atoms with Crippen LogP contribution in [0, 0.1) is 6.92 Å². The fourth-order valence-electron chi connectivity index (χ4n) is 3.01. The number of aryl methyl sites for hydroxylation is 1. The van der Waals surface area contributed by atoms with Crippen molar-refractivity contribution in [3.05, 3.63) is 68.8 Å². The molecule has 30 heavy (non-hydrogen) atoms. The lowest BCUT2D eigenvalue weighted by Gasteiger charge is -2.18. The van der Waals surface area contributed by atoms with Crippen LogP contribution in [0.25, 0.3) is 0 Å². The highest BCUT2D eigenvalue weighted by Crippen LogP contribution is 2.33. The van der Waals surface area contributed by atoms with Crippen molar-refractivity contribution in [3.8, 4) is 5.75 Å². The first-order chi connectivity index (χ1) is 14.4. The third kappa shape index (κ3) is 5.29. The van der Waals surface area contributed by atoms with Crippen LogP contribution in [0.5, 0.6) is 5.75 Å². The Balaban J connectivity index is 1.76. The lowest BCUT2D eigenvalue weighted by molar-refractivity contribution is -0.112. The number of halogens is 1. The second-order valence-electron chi connectivity index (χ2n) is 6.74. The van der Waals surface area contributed by atoms with Gasteiger partial charge in [0.25, 0.3) is 11.8 Å². The van der Waals surface area contributed by atoms with Crippen molar-refractivity contribution in [2.24, 2.45) is 0 Å². The van der Waals surface area contributed by atoms with E-state index in [0.717, 1.165) is 11.1 Å². The molecule has 0 atom stereocenters. The van der Waals surface area contributed by atoms with Gasteiger partial charge in [-0.2, -0.15) is 0 Å². The predicted octanol–water partition coefficient (Wildman–Crippen LogP) is 4.52. The molecular weight excluding hydrogens is 424 g/mol. The summed E-state index contributed by atoms with van der Waals surface area (Å²) < 4.78 is 10.8. The smallest absolute Gasteiger partial charge is 0.265 e. The molecule has 3 rings (SSSR count). The molecule has 0 radical (unpaired) electrons. The van der Waals surface area contributed by atoms with Crippen molar-refractivity contribution in [1.82, 2.24) is 5.32 Å². The van der Waals surface area contributed by atoms with Gasteiger partial charge in [0, 0.05) is 18.4 Å². The molecule has 1 heterocycles. The van der Waals surface area contributed by atoms with Crippen LogP contribution in [0.4, 0.5) is 5.69 Å². The Kier molecular flexibility index (Phi) is 7.29. The molecule has 0 unspecified atom stereocenters. The summed E-state index contributed by atoms with van der Waals surface area (Å²) in [6.07, 6.45) is 0. The van der Waals surface area contributed by atoms with Crippen LogP contribution in [-0.4, -0.2) is 31.3 Å². The number of amides is 2. The van der Waals surface area contributed by atoms with E-state index in [4.69, 9.17) is 21.1 Å². The summed E-state index contributed by atoms with van der Waals surface area (Å²) in [5.74, 6) is 0.978. The molecule has 2 amide bonds. The minimum atomic E-state index is -0.317. The number of hydrogen-bond donors (Lipinski definition) is 2. The molecule has 6 nitrogen and oxygen atoms in total. The fourth-order valence-corrected chi connectivity index (χ4v) is 4.03. The number of hydrogen-bond acceptors (Lipinski definition) is 5. The number of carbonyl (C=O) groups is 2. The van der Waals surface area contributed by atoms with Gasteiger partial charge >= 0.3 is 0 Å². The quantitative estimate of drug-likeness (QED) is 0.682. The summed E-state index contributed by atoms with van der Waals surface area (Å²) >= 11 is 7.79. The number of allylic oxidation sites excluding steroid dienone is 1. The highest BCUT2D eigenvalue weighted by molar-refractivity contribution is 8.04. The Bertz CT molecular complexity index is 1010. The first-order valence-electron chi connectivity index (χ1n) is 9.38. The number of rotatable bonds is 6. The SMILES string of the molecule is COc1cc(NC(=O)C2=C(C)OCCS2)c(Cl)cc1C(=O)NCc1cccc(C)c1. The maximum atomic E-state index is 12.7. The average Bonchev–Trinajstić information content (AvgIpc) is 2.73. The van der Waals surface area contributed by atoms with Gasteiger partial charge in [-0.3, -0.25) is 9.59 Å². The Hall–Kier alpha value is -2.64. The monoisotopic (exact) mass is 446 g/mol. The van der Waals surface area contributed by atoms with E-state index in [1.807, 2.05) is 31.2 Å². The number of benzene rings is 2. The molecule has 0 saturated heterocycles. The van der Waals surface area contributed by atoms with Crippen molar-refractivity contribution in [3.63, 3.8) is 0 Å². The zero-order chi connectivity index (χ0) is 21.7. The first-order valence-corrected chi connectivity index (χ1v) is 10.7. The lowest BCUT2D eigenvalue weighted by atomic mass is 10.1. The number of thioether (sulfide) groups is 1. The van der Waals surface area contributed by atoms with Crippen LogP contribution in [0.2, 0.25) is 5.02 Å². The highest BCUT2D eigenvalue weighted by Gasteiger charge is 2.21. The normalized spacial score (nSPS) is 13.5. The van der Waals surface area contributed by atoms with Gasteiger partial charge in [0.05, 0.1) is 30.0 Å². The van der Waals surface area contributed by atoms with E-state index in [1.54, 1.807) is 13.0 Å². The average molecular weight is 447 g/mol. The van der Waals surface area contributed by atoms with Gasteiger partial charge in [0.15, 0.2) is 0 Å². The Morgan fingerprint density at radius 2 is 2.00 bits per heavy atom. The summed E-state index contributed by atoms with van der Waals surface area (Å²) in [6, 6.07) is 10.9.